The van der Waals surface area contributed by atoms with Crippen molar-refractivity contribution >= 4 is 45.1 Å². The highest BCUT2D eigenvalue weighted by atomic mass is 32.2. The largest absolute Gasteiger partial charge is 0.297 e. The van der Waals surface area contributed by atoms with E-state index in [0.717, 1.165) is 37.9 Å². The van der Waals surface area contributed by atoms with Gasteiger partial charge in [0.15, 0.2) is 15.3 Å². The highest BCUT2D eigenvalue weighted by Gasteiger charge is 2.28. The van der Waals surface area contributed by atoms with Crippen LogP contribution in [0.5, 0.6) is 0 Å². The molecular weight excluding hydrogens is 370 g/mol. The first-order valence-electron chi connectivity index (χ1n) is 7.85. The fourth-order valence-electron chi connectivity index (χ4n) is 2.84. The lowest BCUT2D eigenvalue weighted by atomic mass is 10.2. The number of thioether (sulfide) groups is 2. The van der Waals surface area contributed by atoms with Crippen LogP contribution in [0.3, 0.4) is 0 Å². The summed E-state index contributed by atoms with van der Waals surface area (Å²) in [6.07, 6.45) is 3.62. The first kappa shape index (κ1) is 15.4. The Morgan fingerprint density at radius 3 is 3.00 bits per heavy atom. The number of pyridine rings is 1. The summed E-state index contributed by atoms with van der Waals surface area (Å²) in [5.41, 5.74) is 2.09. The van der Waals surface area contributed by atoms with Gasteiger partial charge in [0.25, 0.3) is 0 Å². The highest BCUT2D eigenvalue weighted by molar-refractivity contribution is 8.01. The van der Waals surface area contributed by atoms with Crippen LogP contribution in [-0.2, 0) is 0 Å². The molecule has 0 amide bonds. The van der Waals surface area contributed by atoms with Crippen LogP contribution in [0.1, 0.15) is 6.04 Å². The lowest BCUT2D eigenvalue weighted by Gasteiger charge is -2.13. The SMILES string of the molecule is c1cncc(-c2nnc3n2C(CSc2nc4ccccc4s2)CS3)c1. The number of hydrogen-bond donors (Lipinski definition) is 0. The van der Waals surface area contributed by atoms with Crippen molar-refractivity contribution in [2.45, 2.75) is 15.5 Å². The Labute approximate surface area is 156 Å². The molecule has 1 atom stereocenters. The van der Waals surface area contributed by atoms with Gasteiger partial charge in [-0.15, -0.1) is 21.5 Å². The summed E-state index contributed by atoms with van der Waals surface area (Å²) < 4.78 is 4.62. The van der Waals surface area contributed by atoms with Gasteiger partial charge in [-0.25, -0.2) is 4.98 Å². The number of fused-ring (bicyclic) bond motifs is 2. The number of rotatable bonds is 4. The van der Waals surface area contributed by atoms with Gasteiger partial charge in [-0.1, -0.05) is 35.7 Å². The fraction of sp³-hybridized carbons (Fsp3) is 0.176. The van der Waals surface area contributed by atoms with E-state index in [-0.39, 0.29) is 0 Å². The van der Waals surface area contributed by atoms with E-state index in [2.05, 4.69) is 37.9 Å². The first-order chi connectivity index (χ1) is 12.4. The number of benzene rings is 1. The third-order valence-corrected chi connectivity index (χ3v) is 7.44. The number of hydrogen-bond acceptors (Lipinski definition) is 7. The Balaban J connectivity index is 1.39. The molecule has 3 aromatic heterocycles. The van der Waals surface area contributed by atoms with Crippen molar-refractivity contribution in [2.75, 3.05) is 11.5 Å². The van der Waals surface area contributed by atoms with E-state index in [1.54, 1.807) is 29.3 Å². The van der Waals surface area contributed by atoms with Gasteiger partial charge in [0, 0.05) is 29.5 Å². The van der Waals surface area contributed by atoms with Crippen LogP contribution in [-0.4, -0.2) is 36.2 Å². The van der Waals surface area contributed by atoms with Crippen molar-refractivity contribution in [2.24, 2.45) is 0 Å². The Morgan fingerprint density at radius 2 is 2.12 bits per heavy atom. The average Bonchev–Trinajstić information content (AvgIpc) is 3.35. The smallest absolute Gasteiger partial charge is 0.191 e. The lowest BCUT2D eigenvalue weighted by molar-refractivity contribution is 0.597. The normalized spacial score (nSPS) is 16.4. The van der Waals surface area contributed by atoms with Crippen LogP contribution in [0.15, 0.2) is 58.3 Å². The van der Waals surface area contributed by atoms with Crippen molar-refractivity contribution < 1.29 is 0 Å². The van der Waals surface area contributed by atoms with Crippen LogP contribution in [0, 0.1) is 0 Å². The minimum atomic E-state index is 0.363. The van der Waals surface area contributed by atoms with Gasteiger partial charge in [-0.3, -0.25) is 9.55 Å². The maximum Gasteiger partial charge on any atom is 0.191 e. The van der Waals surface area contributed by atoms with Crippen LogP contribution >= 0.6 is 34.9 Å². The molecule has 8 heteroatoms. The summed E-state index contributed by atoms with van der Waals surface area (Å²) in [4.78, 5) is 8.93. The molecule has 0 aliphatic carbocycles. The van der Waals surface area contributed by atoms with Gasteiger partial charge in [0.05, 0.1) is 16.3 Å². The Hall–Kier alpha value is -1.90. The van der Waals surface area contributed by atoms with Crippen molar-refractivity contribution in [3.63, 3.8) is 0 Å². The molecule has 0 N–H and O–H groups in total. The zero-order valence-electron chi connectivity index (χ0n) is 13.1. The van der Waals surface area contributed by atoms with E-state index in [1.165, 1.54) is 4.70 Å². The second-order valence-corrected chi connectivity index (χ2v) is 8.93. The van der Waals surface area contributed by atoms with Crippen LogP contribution < -0.4 is 0 Å². The van der Waals surface area contributed by atoms with Crippen molar-refractivity contribution in [1.82, 2.24) is 24.7 Å². The predicted molar refractivity (Wildman–Crippen MR) is 103 cm³/mol. The summed E-state index contributed by atoms with van der Waals surface area (Å²) in [6.45, 7) is 0. The molecule has 0 radical (unpaired) electrons. The number of para-hydroxylation sites is 1. The standard InChI is InChI=1S/C17H13N5S3/c1-2-6-14-13(5-1)19-17(25-14)24-10-12-9-23-16-21-20-15(22(12)16)11-4-3-7-18-8-11/h1-8,12H,9-10H2. The lowest BCUT2D eigenvalue weighted by Crippen LogP contribution is -2.11. The topological polar surface area (TPSA) is 56.5 Å². The molecule has 124 valence electrons. The predicted octanol–water partition coefficient (Wildman–Crippen LogP) is 4.39. The van der Waals surface area contributed by atoms with E-state index < -0.39 is 0 Å². The van der Waals surface area contributed by atoms with Gasteiger partial charge in [-0.2, -0.15) is 0 Å². The first-order valence-corrected chi connectivity index (χ1v) is 10.6. The van der Waals surface area contributed by atoms with E-state index >= 15 is 0 Å². The molecule has 1 aromatic carbocycles. The average molecular weight is 384 g/mol. The van der Waals surface area contributed by atoms with Crippen LogP contribution in [0.25, 0.3) is 21.6 Å². The summed E-state index contributed by atoms with van der Waals surface area (Å²) in [7, 11) is 0. The van der Waals surface area contributed by atoms with Crippen LogP contribution in [0.2, 0.25) is 0 Å². The Bertz CT molecular complexity index is 994. The van der Waals surface area contributed by atoms with E-state index in [9.17, 15) is 0 Å². The van der Waals surface area contributed by atoms with E-state index in [4.69, 9.17) is 4.98 Å². The minimum absolute atomic E-state index is 0.363. The molecule has 1 aliphatic rings. The minimum Gasteiger partial charge on any atom is -0.297 e. The molecule has 5 rings (SSSR count). The molecule has 4 aromatic rings. The van der Waals surface area contributed by atoms with Crippen molar-refractivity contribution in [3.05, 3.63) is 48.8 Å². The molecule has 0 bridgehead atoms. The Morgan fingerprint density at radius 1 is 1.16 bits per heavy atom. The zero-order valence-corrected chi connectivity index (χ0v) is 15.5. The fourth-order valence-corrected chi connectivity index (χ4v) is 6.25. The molecule has 0 saturated heterocycles. The summed E-state index contributed by atoms with van der Waals surface area (Å²) in [5, 5.41) is 9.71. The van der Waals surface area contributed by atoms with Crippen molar-refractivity contribution in [1.29, 1.82) is 0 Å². The molecular formula is C17H13N5S3. The second-order valence-electron chi connectivity index (χ2n) is 5.64. The number of thiazole rings is 1. The van der Waals surface area contributed by atoms with Gasteiger partial charge in [0.1, 0.15) is 0 Å². The molecule has 4 heterocycles. The number of aromatic nitrogens is 5. The van der Waals surface area contributed by atoms with Gasteiger partial charge in [-0.05, 0) is 24.3 Å². The van der Waals surface area contributed by atoms with Crippen LogP contribution in [0.4, 0.5) is 0 Å². The maximum absolute atomic E-state index is 4.72. The Kier molecular flexibility index (Phi) is 3.95. The maximum atomic E-state index is 4.72. The monoisotopic (exact) mass is 383 g/mol. The quantitative estimate of drug-likeness (QED) is 0.487. The zero-order chi connectivity index (χ0) is 16.6. The third kappa shape index (κ3) is 2.84. The van der Waals surface area contributed by atoms with Crippen molar-refractivity contribution in [3.8, 4) is 11.4 Å². The highest BCUT2D eigenvalue weighted by Crippen LogP contribution is 2.39. The number of nitrogens with zero attached hydrogens (tertiary/aromatic N) is 5. The summed E-state index contributed by atoms with van der Waals surface area (Å²) >= 11 is 5.35. The third-order valence-electron chi connectivity index (χ3n) is 4.03. The van der Waals surface area contributed by atoms with Gasteiger partial charge < -0.3 is 0 Å². The molecule has 25 heavy (non-hydrogen) atoms. The van der Waals surface area contributed by atoms with Gasteiger partial charge >= 0.3 is 0 Å². The van der Waals surface area contributed by atoms with E-state index in [0.29, 0.717) is 6.04 Å². The summed E-state index contributed by atoms with van der Waals surface area (Å²) in [6, 6.07) is 12.6. The van der Waals surface area contributed by atoms with Gasteiger partial charge in [0.2, 0.25) is 0 Å². The van der Waals surface area contributed by atoms with E-state index in [1.807, 2.05) is 36.2 Å². The molecule has 1 aliphatic heterocycles. The molecule has 1 unspecified atom stereocenters. The second kappa shape index (κ2) is 6.44. The molecule has 0 saturated carbocycles. The molecule has 0 fully saturated rings. The molecule has 5 nitrogen and oxygen atoms in total. The summed E-state index contributed by atoms with van der Waals surface area (Å²) in [5.74, 6) is 2.89. The molecule has 0 spiro atoms.